The van der Waals surface area contributed by atoms with Crippen molar-refractivity contribution in [3.8, 4) is 0 Å². The van der Waals surface area contributed by atoms with E-state index in [1.165, 1.54) is 25.3 Å². The molecule has 1 heterocycles. The summed E-state index contributed by atoms with van der Waals surface area (Å²) in [4.78, 5) is 41.5. The van der Waals surface area contributed by atoms with E-state index in [2.05, 4.69) is 5.32 Å². The molecular weight excluding hydrogens is 454 g/mol. The zero-order chi connectivity index (χ0) is 25.7. The van der Waals surface area contributed by atoms with Gasteiger partial charge in [-0.1, -0.05) is 36.4 Å². The first kappa shape index (κ1) is 25.8. The predicted octanol–water partition coefficient (Wildman–Crippen LogP) is 2.86. The van der Waals surface area contributed by atoms with Crippen molar-refractivity contribution < 1.29 is 13.6 Å². The number of likely N-dealkylation sites (N-methyl/N-ethyl adjacent to an activating group) is 1. The SMILES string of the molecule is CNC(Cn1c(=O)c(C(=O)/C=C/N(C)C)c(C)n(Cc2c(F)cccc2F)c1=O)c1ccccc1. The molecule has 0 spiro atoms. The predicted molar refractivity (Wildman–Crippen MR) is 131 cm³/mol. The maximum Gasteiger partial charge on any atom is 0.331 e. The normalized spacial score (nSPS) is 12.2. The number of hydrogen-bond acceptors (Lipinski definition) is 5. The summed E-state index contributed by atoms with van der Waals surface area (Å²) in [7, 11) is 5.12. The molecule has 35 heavy (non-hydrogen) atoms. The molecule has 1 aromatic heterocycles. The molecule has 0 fully saturated rings. The van der Waals surface area contributed by atoms with Crippen LogP contribution in [0.5, 0.6) is 0 Å². The first-order valence-corrected chi connectivity index (χ1v) is 11.0. The molecule has 0 radical (unpaired) electrons. The minimum Gasteiger partial charge on any atom is -0.383 e. The lowest BCUT2D eigenvalue weighted by Gasteiger charge is -2.21. The molecule has 2 aromatic carbocycles. The van der Waals surface area contributed by atoms with Crippen molar-refractivity contribution in [3.63, 3.8) is 0 Å². The molecule has 3 rings (SSSR count). The van der Waals surface area contributed by atoms with Gasteiger partial charge in [0.05, 0.1) is 19.1 Å². The number of allylic oxidation sites excluding steroid dienone is 1. The highest BCUT2D eigenvalue weighted by Crippen LogP contribution is 2.16. The molecule has 0 aliphatic carbocycles. The molecule has 1 N–H and O–H groups in total. The van der Waals surface area contributed by atoms with E-state index >= 15 is 0 Å². The topological polar surface area (TPSA) is 76.3 Å². The van der Waals surface area contributed by atoms with Gasteiger partial charge in [0.1, 0.15) is 17.2 Å². The standard InChI is InChI=1S/C26H28F2N4O3/c1-17-24(23(33)13-14-30(3)4)25(34)32(16-22(29-2)18-9-6-5-7-10-18)26(35)31(17)15-19-20(27)11-8-12-21(19)28/h5-14,22,29H,15-16H2,1-4H3/b14-13+. The lowest BCUT2D eigenvalue weighted by atomic mass is 10.1. The van der Waals surface area contributed by atoms with Gasteiger partial charge in [0.15, 0.2) is 5.78 Å². The second-order valence-corrected chi connectivity index (χ2v) is 8.34. The second-order valence-electron chi connectivity index (χ2n) is 8.34. The highest BCUT2D eigenvalue weighted by atomic mass is 19.1. The third kappa shape index (κ3) is 5.63. The molecule has 184 valence electrons. The Labute approximate surface area is 201 Å². The fourth-order valence-electron chi connectivity index (χ4n) is 3.80. The third-order valence-electron chi connectivity index (χ3n) is 5.75. The summed E-state index contributed by atoms with van der Waals surface area (Å²) in [6, 6.07) is 12.2. The van der Waals surface area contributed by atoms with Gasteiger partial charge in [-0.05, 0) is 31.7 Å². The monoisotopic (exact) mass is 482 g/mol. The quantitative estimate of drug-likeness (QED) is 0.375. The lowest BCUT2D eigenvalue weighted by molar-refractivity contribution is 0.104. The Kier molecular flexibility index (Phi) is 8.14. The second kappa shape index (κ2) is 11.1. The van der Waals surface area contributed by atoms with Crippen LogP contribution in [-0.4, -0.2) is 41.0 Å². The fraction of sp³-hybridized carbons (Fsp3) is 0.269. The Bertz CT molecular complexity index is 1340. The van der Waals surface area contributed by atoms with Crippen LogP contribution in [0, 0.1) is 18.6 Å². The molecule has 0 saturated carbocycles. The van der Waals surface area contributed by atoms with Crippen molar-refractivity contribution >= 4 is 5.78 Å². The number of carbonyl (C=O) groups is 1. The molecule has 0 bridgehead atoms. The minimum absolute atomic E-state index is 0.0352. The summed E-state index contributed by atoms with van der Waals surface area (Å²) < 4.78 is 30.8. The summed E-state index contributed by atoms with van der Waals surface area (Å²) in [5.74, 6) is -2.27. The highest BCUT2D eigenvalue weighted by molar-refractivity contribution is 6.04. The van der Waals surface area contributed by atoms with Gasteiger partial charge >= 0.3 is 5.69 Å². The first-order valence-electron chi connectivity index (χ1n) is 11.0. The van der Waals surface area contributed by atoms with Gasteiger partial charge in [0, 0.05) is 37.6 Å². The fourth-order valence-corrected chi connectivity index (χ4v) is 3.80. The lowest BCUT2D eigenvalue weighted by Crippen LogP contribution is -2.46. The van der Waals surface area contributed by atoms with Crippen LogP contribution in [0.2, 0.25) is 0 Å². The minimum atomic E-state index is -0.827. The summed E-state index contributed by atoms with van der Waals surface area (Å²) in [5.41, 5.74) is -1.23. The summed E-state index contributed by atoms with van der Waals surface area (Å²) >= 11 is 0. The Morgan fingerprint density at radius 3 is 2.23 bits per heavy atom. The molecule has 1 unspecified atom stereocenters. The van der Waals surface area contributed by atoms with E-state index in [0.29, 0.717) is 0 Å². The molecule has 0 saturated heterocycles. The number of benzene rings is 2. The number of halogens is 2. The molecule has 0 aliphatic rings. The average molecular weight is 483 g/mol. The van der Waals surface area contributed by atoms with Gasteiger partial charge in [-0.25, -0.2) is 13.6 Å². The number of aromatic nitrogens is 2. The molecule has 0 aliphatic heterocycles. The van der Waals surface area contributed by atoms with Crippen LogP contribution in [0.1, 0.15) is 33.2 Å². The van der Waals surface area contributed by atoms with E-state index in [9.17, 15) is 23.2 Å². The zero-order valence-corrected chi connectivity index (χ0v) is 20.1. The molecule has 0 amide bonds. The van der Waals surface area contributed by atoms with Gasteiger partial charge in [-0.3, -0.25) is 18.7 Å². The van der Waals surface area contributed by atoms with Crippen molar-refractivity contribution in [2.75, 3.05) is 21.1 Å². The third-order valence-corrected chi connectivity index (χ3v) is 5.75. The largest absolute Gasteiger partial charge is 0.383 e. The highest BCUT2D eigenvalue weighted by Gasteiger charge is 2.24. The van der Waals surface area contributed by atoms with Crippen LogP contribution in [0.15, 0.2) is 70.4 Å². The number of hydrogen-bond donors (Lipinski definition) is 1. The van der Waals surface area contributed by atoms with Gasteiger partial charge in [-0.2, -0.15) is 0 Å². The van der Waals surface area contributed by atoms with E-state index < -0.39 is 41.3 Å². The van der Waals surface area contributed by atoms with Crippen LogP contribution in [0.4, 0.5) is 8.78 Å². The number of ketones is 1. The molecular formula is C26H28F2N4O3. The maximum atomic E-state index is 14.4. The van der Waals surface area contributed by atoms with Gasteiger partial charge in [-0.15, -0.1) is 0 Å². The van der Waals surface area contributed by atoms with Crippen molar-refractivity contribution in [1.82, 2.24) is 19.4 Å². The van der Waals surface area contributed by atoms with E-state index in [0.717, 1.165) is 26.8 Å². The first-order chi connectivity index (χ1) is 16.6. The Morgan fingerprint density at radius 2 is 1.66 bits per heavy atom. The summed E-state index contributed by atoms with van der Waals surface area (Å²) in [6.07, 6.45) is 2.71. The number of nitrogens with one attached hydrogen (secondary N) is 1. The van der Waals surface area contributed by atoms with Crippen molar-refractivity contribution in [2.24, 2.45) is 0 Å². The van der Waals surface area contributed by atoms with E-state index in [4.69, 9.17) is 0 Å². The van der Waals surface area contributed by atoms with Crippen LogP contribution in [-0.2, 0) is 13.1 Å². The van der Waals surface area contributed by atoms with Gasteiger partial charge < -0.3 is 10.2 Å². The summed E-state index contributed by atoms with van der Waals surface area (Å²) in [6.45, 7) is 0.863. The number of nitrogens with zero attached hydrogens (tertiary/aromatic N) is 3. The number of carbonyl (C=O) groups excluding carboxylic acids is 1. The zero-order valence-electron chi connectivity index (χ0n) is 20.1. The summed E-state index contributed by atoms with van der Waals surface area (Å²) in [5, 5.41) is 3.08. The van der Waals surface area contributed by atoms with Crippen LogP contribution in [0.25, 0.3) is 0 Å². The van der Waals surface area contributed by atoms with E-state index in [1.54, 1.807) is 26.0 Å². The Balaban J connectivity index is 2.23. The number of rotatable bonds is 9. The van der Waals surface area contributed by atoms with Gasteiger partial charge in [0.25, 0.3) is 5.56 Å². The Morgan fingerprint density at radius 1 is 1.03 bits per heavy atom. The maximum absolute atomic E-state index is 14.4. The molecule has 3 aromatic rings. The van der Waals surface area contributed by atoms with Crippen molar-refractivity contribution in [3.05, 3.63) is 116 Å². The molecule has 7 nitrogen and oxygen atoms in total. The van der Waals surface area contributed by atoms with Crippen molar-refractivity contribution in [1.29, 1.82) is 0 Å². The van der Waals surface area contributed by atoms with Crippen LogP contribution >= 0.6 is 0 Å². The van der Waals surface area contributed by atoms with Crippen LogP contribution < -0.4 is 16.6 Å². The van der Waals surface area contributed by atoms with Crippen LogP contribution in [0.3, 0.4) is 0 Å². The smallest absolute Gasteiger partial charge is 0.331 e. The molecule has 1 atom stereocenters. The Hall–Kier alpha value is -3.85. The average Bonchev–Trinajstić information content (AvgIpc) is 2.82. The van der Waals surface area contributed by atoms with Crippen molar-refractivity contribution in [2.45, 2.75) is 26.1 Å². The van der Waals surface area contributed by atoms with E-state index in [-0.39, 0.29) is 23.4 Å². The molecule has 9 heteroatoms. The van der Waals surface area contributed by atoms with E-state index in [1.807, 2.05) is 30.3 Å². The van der Waals surface area contributed by atoms with Gasteiger partial charge in [0.2, 0.25) is 0 Å².